The van der Waals surface area contributed by atoms with Gasteiger partial charge in [-0.05, 0) is 38.6 Å². The number of para-hydroxylation sites is 1. The number of carbonyl (C=O) groups is 2. The van der Waals surface area contributed by atoms with E-state index in [0.717, 1.165) is 41.7 Å². The Labute approximate surface area is 239 Å². The summed E-state index contributed by atoms with van der Waals surface area (Å²) in [5.41, 5.74) is 1.51. The van der Waals surface area contributed by atoms with Crippen molar-refractivity contribution in [3.05, 3.63) is 58.5 Å². The summed E-state index contributed by atoms with van der Waals surface area (Å²) in [5, 5.41) is 4.96. The van der Waals surface area contributed by atoms with Crippen molar-refractivity contribution in [3.8, 4) is 17.2 Å². The van der Waals surface area contributed by atoms with Crippen LogP contribution in [0.5, 0.6) is 5.88 Å². The largest absolute Gasteiger partial charge is 0.480 e. The van der Waals surface area contributed by atoms with Gasteiger partial charge in [-0.15, -0.1) is 11.3 Å². The number of ether oxygens (including phenoxy) is 1. The minimum Gasteiger partial charge on any atom is -0.480 e. The lowest BCUT2D eigenvalue weighted by molar-refractivity contribution is -0.118. The van der Waals surface area contributed by atoms with Crippen LogP contribution in [0.15, 0.2) is 47.1 Å². The summed E-state index contributed by atoms with van der Waals surface area (Å²) in [6.45, 7) is 5.56. The smallest absolute Gasteiger partial charge is 0.263 e. The summed E-state index contributed by atoms with van der Waals surface area (Å²) in [6, 6.07) is 9.33. The molecule has 0 radical (unpaired) electrons. The van der Waals surface area contributed by atoms with E-state index in [1.807, 2.05) is 44.3 Å². The van der Waals surface area contributed by atoms with E-state index in [9.17, 15) is 9.59 Å². The molecule has 40 heavy (non-hydrogen) atoms. The van der Waals surface area contributed by atoms with E-state index in [1.165, 1.54) is 11.3 Å². The number of ketones is 1. The number of pyridine rings is 1. The third-order valence-corrected chi connectivity index (χ3v) is 7.82. The Morgan fingerprint density at radius 3 is 2.73 bits per heavy atom. The Kier molecular flexibility index (Phi) is 10.4. The highest BCUT2D eigenvalue weighted by atomic mass is 32.1. The number of hydrogen-bond acceptors (Lipinski definition) is 9. The molecular formula is C30H37N5O4S. The molecule has 1 aromatic carbocycles. The van der Waals surface area contributed by atoms with Crippen molar-refractivity contribution in [1.29, 1.82) is 0 Å². The van der Waals surface area contributed by atoms with Gasteiger partial charge in [0.1, 0.15) is 21.7 Å². The Bertz CT molecular complexity index is 1430. The van der Waals surface area contributed by atoms with Crippen LogP contribution in [0, 0.1) is 0 Å². The van der Waals surface area contributed by atoms with Crippen molar-refractivity contribution in [2.75, 3.05) is 20.7 Å². The number of hydrogen-bond donors (Lipinski definition) is 1. The molecule has 0 aliphatic heterocycles. The van der Waals surface area contributed by atoms with E-state index < -0.39 is 6.04 Å². The standard InChI is InChI=1S/C30H37N5O4S/c1-5-21(36)13-8-7-9-15-24(33-28(37)26-18-31-27(40-26)19-35(3)6-2)30-32-17-25(39-30)22-16-20-12-10-11-14-23(20)34-29(22)38-4/h10-12,14,16-18,24H,5-9,13,15,19H2,1-4H3,(H,33,37)/t24-/m0/s1. The number of aromatic nitrogens is 3. The van der Waals surface area contributed by atoms with Crippen molar-refractivity contribution in [2.45, 2.75) is 65.0 Å². The molecule has 4 rings (SSSR count). The third-order valence-electron chi connectivity index (χ3n) is 6.84. The van der Waals surface area contributed by atoms with Gasteiger partial charge in [0.2, 0.25) is 11.8 Å². The topological polar surface area (TPSA) is 110 Å². The number of thiazole rings is 1. The summed E-state index contributed by atoms with van der Waals surface area (Å²) in [5.74, 6) is 1.43. The van der Waals surface area contributed by atoms with E-state index in [0.29, 0.717) is 53.8 Å². The van der Waals surface area contributed by atoms with Gasteiger partial charge < -0.3 is 14.5 Å². The van der Waals surface area contributed by atoms with Crippen molar-refractivity contribution >= 4 is 33.9 Å². The highest BCUT2D eigenvalue weighted by Crippen LogP contribution is 2.34. The maximum atomic E-state index is 13.2. The number of amides is 1. The Balaban J connectivity index is 1.54. The van der Waals surface area contributed by atoms with E-state index >= 15 is 0 Å². The molecule has 0 bridgehead atoms. The van der Waals surface area contributed by atoms with Gasteiger partial charge in [0, 0.05) is 18.2 Å². The number of methoxy groups -OCH3 is 1. The van der Waals surface area contributed by atoms with Gasteiger partial charge in [0.15, 0.2) is 5.76 Å². The van der Waals surface area contributed by atoms with Gasteiger partial charge in [0.25, 0.3) is 5.91 Å². The molecule has 4 aromatic rings. The van der Waals surface area contributed by atoms with Gasteiger partial charge in [-0.1, -0.05) is 44.9 Å². The van der Waals surface area contributed by atoms with Crippen molar-refractivity contribution in [2.24, 2.45) is 0 Å². The van der Waals surface area contributed by atoms with E-state index in [4.69, 9.17) is 9.15 Å². The molecule has 0 spiro atoms. The monoisotopic (exact) mass is 563 g/mol. The van der Waals surface area contributed by atoms with E-state index in [1.54, 1.807) is 19.5 Å². The quantitative estimate of drug-likeness (QED) is 0.170. The molecule has 10 heteroatoms. The fraction of sp³-hybridized carbons (Fsp3) is 0.433. The molecule has 1 amide bonds. The predicted octanol–water partition coefficient (Wildman–Crippen LogP) is 6.21. The van der Waals surface area contributed by atoms with Crippen LogP contribution < -0.4 is 10.1 Å². The molecule has 0 fully saturated rings. The zero-order chi connectivity index (χ0) is 28.5. The first kappa shape index (κ1) is 29.4. The third kappa shape index (κ3) is 7.51. The number of nitrogens with zero attached hydrogens (tertiary/aromatic N) is 4. The maximum absolute atomic E-state index is 13.2. The number of unbranched alkanes of at least 4 members (excludes halogenated alkanes) is 2. The second-order valence-electron chi connectivity index (χ2n) is 9.77. The average molecular weight is 564 g/mol. The number of nitrogens with one attached hydrogen (secondary N) is 1. The molecule has 3 heterocycles. The molecule has 0 unspecified atom stereocenters. The van der Waals surface area contributed by atoms with Crippen molar-refractivity contribution in [1.82, 2.24) is 25.2 Å². The minimum absolute atomic E-state index is 0.209. The lowest BCUT2D eigenvalue weighted by Gasteiger charge is -2.15. The molecular weight excluding hydrogens is 526 g/mol. The first-order valence-electron chi connectivity index (χ1n) is 13.8. The highest BCUT2D eigenvalue weighted by Gasteiger charge is 2.24. The van der Waals surface area contributed by atoms with Gasteiger partial charge in [0.05, 0.1) is 37.1 Å². The van der Waals surface area contributed by atoms with E-state index in [2.05, 4.69) is 32.1 Å². The van der Waals surface area contributed by atoms with Crippen LogP contribution in [-0.2, 0) is 11.3 Å². The maximum Gasteiger partial charge on any atom is 0.263 e. The number of oxazole rings is 1. The van der Waals surface area contributed by atoms with Crippen LogP contribution in [0.4, 0.5) is 0 Å². The lowest BCUT2D eigenvalue weighted by atomic mass is 10.0. The van der Waals surface area contributed by atoms with Crippen LogP contribution in [0.1, 0.15) is 79.0 Å². The zero-order valence-electron chi connectivity index (χ0n) is 23.6. The van der Waals surface area contributed by atoms with Crippen LogP contribution in [-0.4, -0.2) is 52.2 Å². The number of Topliss-reactive ketones (excluding diaryl/α,β-unsaturated/α-hetero) is 1. The Hall–Kier alpha value is -3.63. The summed E-state index contributed by atoms with van der Waals surface area (Å²) < 4.78 is 11.8. The SMILES string of the molecule is CCC(=O)CCCCC[C@H](NC(=O)c1cnc(CN(C)CC)s1)c1ncc(-c2cc3ccccc3nc2OC)o1. The number of rotatable bonds is 15. The first-order chi connectivity index (χ1) is 19.4. The summed E-state index contributed by atoms with van der Waals surface area (Å²) in [6.07, 6.45) is 7.57. The molecule has 0 saturated carbocycles. The minimum atomic E-state index is -0.439. The van der Waals surface area contributed by atoms with E-state index in [-0.39, 0.29) is 11.7 Å². The molecule has 9 nitrogen and oxygen atoms in total. The molecule has 0 aliphatic rings. The fourth-order valence-electron chi connectivity index (χ4n) is 4.35. The van der Waals surface area contributed by atoms with Gasteiger partial charge >= 0.3 is 0 Å². The summed E-state index contributed by atoms with van der Waals surface area (Å²) >= 11 is 1.39. The molecule has 1 atom stereocenters. The second-order valence-corrected chi connectivity index (χ2v) is 10.9. The van der Waals surface area contributed by atoms with Crippen LogP contribution in [0.2, 0.25) is 0 Å². The summed E-state index contributed by atoms with van der Waals surface area (Å²) in [7, 11) is 3.59. The number of fused-ring (bicyclic) bond motifs is 1. The molecule has 3 aromatic heterocycles. The molecule has 0 saturated heterocycles. The average Bonchev–Trinajstić information content (AvgIpc) is 3.65. The zero-order valence-corrected chi connectivity index (χ0v) is 24.4. The fourth-order valence-corrected chi connectivity index (χ4v) is 5.25. The Morgan fingerprint density at radius 1 is 1.12 bits per heavy atom. The summed E-state index contributed by atoms with van der Waals surface area (Å²) in [4.78, 5) is 41.2. The second kappa shape index (κ2) is 14.1. The molecule has 0 aliphatic carbocycles. The van der Waals surface area contributed by atoms with Crippen LogP contribution in [0.3, 0.4) is 0 Å². The van der Waals surface area contributed by atoms with Crippen LogP contribution >= 0.6 is 11.3 Å². The van der Waals surface area contributed by atoms with Gasteiger partial charge in [-0.3, -0.25) is 14.5 Å². The number of carbonyl (C=O) groups excluding carboxylic acids is 2. The van der Waals surface area contributed by atoms with Crippen LogP contribution in [0.25, 0.3) is 22.2 Å². The lowest BCUT2D eigenvalue weighted by Crippen LogP contribution is -2.28. The van der Waals surface area contributed by atoms with Crippen molar-refractivity contribution < 1.29 is 18.7 Å². The first-order valence-corrected chi connectivity index (χ1v) is 14.6. The van der Waals surface area contributed by atoms with Gasteiger partial charge in [-0.2, -0.15) is 0 Å². The number of benzene rings is 1. The molecule has 1 N–H and O–H groups in total. The predicted molar refractivity (Wildman–Crippen MR) is 157 cm³/mol. The molecule has 212 valence electrons. The van der Waals surface area contributed by atoms with Gasteiger partial charge in [-0.25, -0.2) is 15.0 Å². The normalized spacial score (nSPS) is 12.1. The Morgan fingerprint density at radius 2 is 1.95 bits per heavy atom. The highest BCUT2D eigenvalue weighted by molar-refractivity contribution is 7.13. The van der Waals surface area contributed by atoms with Crippen molar-refractivity contribution in [3.63, 3.8) is 0 Å².